The number of ketones is 2. The summed E-state index contributed by atoms with van der Waals surface area (Å²) in [6.45, 7) is 2.92. The van der Waals surface area contributed by atoms with Gasteiger partial charge in [0.25, 0.3) is 0 Å². The van der Waals surface area contributed by atoms with E-state index in [9.17, 15) is 9.59 Å². The average Bonchev–Trinajstić information content (AvgIpc) is 1.96. The monoisotopic (exact) mass is 170 g/mol. The topological polar surface area (TPSA) is 54.4 Å². The van der Waals surface area contributed by atoms with E-state index in [1.807, 2.05) is 0 Å². The summed E-state index contributed by atoms with van der Waals surface area (Å²) in [7, 11) is 0. The summed E-state index contributed by atoms with van der Waals surface area (Å²) in [6, 6.07) is 0. The SMILES string of the molecule is CC(=O)CC=C(O)CCC(C)=O. The molecule has 0 spiro atoms. The average molecular weight is 170 g/mol. The van der Waals surface area contributed by atoms with Gasteiger partial charge in [0.15, 0.2) is 0 Å². The molecule has 0 aromatic carbocycles. The highest BCUT2D eigenvalue weighted by atomic mass is 16.3. The quantitative estimate of drug-likeness (QED) is 0.640. The zero-order valence-electron chi connectivity index (χ0n) is 7.46. The van der Waals surface area contributed by atoms with Crippen molar-refractivity contribution >= 4 is 11.6 Å². The Morgan fingerprint density at radius 3 is 2.17 bits per heavy atom. The molecule has 0 heterocycles. The number of hydrogen-bond donors (Lipinski definition) is 1. The number of aliphatic hydroxyl groups is 1. The second kappa shape index (κ2) is 5.52. The Morgan fingerprint density at radius 2 is 1.75 bits per heavy atom. The van der Waals surface area contributed by atoms with Gasteiger partial charge in [-0.1, -0.05) is 0 Å². The van der Waals surface area contributed by atoms with E-state index in [4.69, 9.17) is 5.11 Å². The third kappa shape index (κ3) is 6.99. The minimum atomic E-state index is 0.00405. The number of allylic oxidation sites excluding steroid dienone is 2. The highest BCUT2D eigenvalue weighted by Crippen LogP contribution is 2.02. The van der Waals surface area contributed by atoms with Gasteiger partial charge in [-0.25, -0.2) is 0 Å². The van der Waals surface area contributed by atoms with Crippen LogP contribution < -0.4 is 0 Å². The highest BCUT2D eigenvalue weighted by Gasteiger charge is 1.97. The molecule has 0 radical (unpaired) electrons. The Hall–Kier alpha value is -1.12. The van der Waals surface area contributed by atoms with Gasteiger partial charge in [0.05, 0.1) is 5.76 Å². The molecular weight excluding hydrogens is 156 g/mol. The van der Waals surface area contributed by atoms with Crippen molar-refractivity contribution in [2.75, 3.05) is 0 Å². The van der Waals surface area contributed by atoms with Crippen molar-refractivity contribution in [2.24, 2.45) is 0 Å². The van der Waals surface area contributed by atoms with Crippen LogP contribution in [0.5, 0.6) is 0 Å². The molecule has 0 aromatic heterocycles. The molecule has 0 unspecified atom stereocenters. The highest BCUT2D eigenvalue weighted by molar-refractivity contribution is 5.77. The van der Waals surface area contributed by atoms with Gasteiger partial charge in [-0.2, -0.15) is 0 Å². The Labute approximate surface area is 72.1 Å². The van der Waals surface area contributed by atoms with Crippen LogP contribution in [0.2, 0.25) is 0 Å². The molecule has 1 N–H and O–H groups in total. The molecule has 12 heavy (non-hydrogen) atoms. The smallest absolute Gasteiger partial charge is 0.133 e. The van der Waals surface area contributed by atoms with Crippen LogP contribution in [0.15, 0.2) is 11.8 Å². The molecule has 0 saturated heterocycles. The summed E-state index contributed by atoms with van der Waals surface area (Å²) in [4.78, 5) is 20.9. The maximum absolute atomic E-state index is 10.5. The summed E-state index contributed by atoms with van der Waals surface area (Å²) < 4.78 is 0. The van der Waals surface area contributed by atoms with Gasteiger partial charge in [0, 0.05) is 19.3 Å². The molecule has 0 aliphatic carbocycles. The molecule has 0 aliphatic heterocycles. The molecular formula is C9H14O3. The van der Waals surface area contributed by atoms with Crippen molar-refractivity contribution in [2.45, 2.75) is 33.1 Å². The number of carbonyl (C=O) groups is 2. The van der Waals surface area contributed by atoms with Gasteiger partial charge in [0.1, 0.15) is 11.6 Å². The number of Topliss-reactive ketones (excluding diaryl/α,β-unsaturated/α-hetero) is 2. The van der Waals surface area contributed by atoms with Crippen molar-refractivity contribution in [1.82, 2.24) is 0 Å². The van der Waals surface area contributed by atoms with Gasteiger partial charge in [-0.3, -0.25) is 4.79 Å². The van der Waals surface area contributed by atoms with E-state index < -0.39 is 0 Å². The number of aliphatic hydroxyl groups excluding tert-OH is 1. The fourth-order valence-corrected chi connectivity index (χ4v) is 0.668. The Bertz CT molecular complexity index is 204. The van der Waals surface area contributed by atoms with E-state index in [0.717, 1.165) is 0 Å². The van der Waals surface area contributed by atoms with Crippen molar-refractivity contribution < 1.29 is 14.7 Å². The molecule has 3 heteroatoms. The lowest BCUT2D eigenvalue weighted by molar-refractivity contribution is -0.117. The van der Waals surface area contributed by atoms with Crippen LogP contribution >= 0.6 is 0 Å². The van der Waals surface area contributed by atoms with Crippen LogP contribution in [-0.4, -0.2) is 16.7 Å². The van der Waals surface area contributed by atoms with Gasteiger partial charge < -0.3 is 9.90 Å². The second-order valence-electron chi connectivity index (χ2n) is 2.80. The zero-order chi connectivity index (χ0) is 9.56. The minimum absolute atomic E-state index is 0.00405. The predicted octanol–water partition coefficient (Wildman–Crippen LogP) is 1.78. The summed E-state index contributed by atoms with van der Waals surface area (Å²) in [6.07, 6.45) is 2.36. The maximum atomic E-state index is 10.5. The van der Waals surface area contributed by atoms with Gasteiger partial charge >= 0.3 is 0 Å². The van der Waals surface area contributed by atoms with E-state index in [2.05, 4.69) is 0 Å². The van der Waals surface area contributed by atoms with E-state index in [1.54, 1.807) is 0 Å². The fourth-order valence-electron chi connectivity index (χ4n) is 0.668. The third-order valence-electron chi connectivity index (χ3n) is 1.36. The van der Waals surface area contributed by atoms with Gasteiger partial charge in [0.2, 0.25) is 0 Å². The lowest BCUT2D eigenvalue weighted by atomic mass is 10.2. The van der Waals surface area contributed by atoms with Crippen molar-refractivity contribution in [1.29, 1.82) is 0 Å². The Kier molecular flexibility index (Phi) is 5.00. The number of hydrogen-bond acceptors (Lipinski definition) is 3. The fraction of sp³-hybridized carbons (Fsp3) is 0.556. The molecule has 0 amide bonds. The standard InChI is InChI=1S/C9H14O3/c1-7(10)3-5-9(12)6-4-8(2)11/h5,12H,3-4,6H2,1-2H3. The van der Waals surface area contributed by atoms with Crippen molar-refractivity contribution in [3.8, 4) is 0 Å². The van der Waals surface area contributed by atoms with E-state index in [-0.39, 0.29) is 23.7 Å². The predicted molar refractivity (Wildman–Crippen MR) is 45.9 cm³/mol. The van der Waals surface area contributed by atoms with E-state index >= 15 is 0 Å². The first-order valence-corrected chi connectivity index (χ1v) is 3.89. The lowest BCUT2D eigenvalue weighted by Crippen LogP contribution is -1.93. The summed E-state index contributed by atoms with van der Waals surface area (Å²) in [5, 5.41) is 9.10. The number of rotatable bonds is 5. The van der Waals surface area contributed by atoms with Crippen LogP contribution in [0.4, 0.5) is 0 Å². The largest absolute Gasteiger partial charge is 0.513 e. The third-order valence-corrected chi connectivity index (χ3v) is 1.36. The molecule has 0 atom stereocenters. The Balaban J connectivity index is 3.70. The molecule has 0 saturated carbocycles. The van der Waals surface area contributed by atoms with Crippen molar-refractivity contribution in [3.63, 3.8) is 0 Å². The first kappa shape index (κ1) is 10.9. The Morgan fingerprint density at radius 1 is 1.17 bits per heavy atom. The summed E-state index contributed by atoms with van der Waals surface area (Å²) >= 11 is 0. The summed E-state index contributed by atoms with van der Waals surface area (Å²) in [5.41, 5.74) is 0. The van der Waals surface area contributed by atoms with Gasteiger partial charge in [-0.15, -0.1) is 0 Å². The molecule has 0 bridgehead atoms. The molecule has 68 valence electrons. The second-order valence-corrected chi connectivity index (χ2v) is 2.80. The van der Waals surface area contributed by atoms with E-state index in [1.165, 1.54) is 19.9 Å². The minimum Gasteiger partial charge on any atom is -0.513 e. The lowest BCUT2D eigenvalue weighted by Gasteiger charge is -1.96. The van der Waals surface area contributed by atoms with Crippen LogP contribution in [0.25, 0.3) is 0 Å². The van der Waals surface area contributed by atoms with Crippen molar-refractivity contribution in [3.05, 3.63) is 11.8 Å². The number of carbonyl (C=O) groups excluding carboxylic acids is 2. The molecule has 0 rings (SSSR count). The van der Waals surface area contributed by atoms with E-state index in [0.29, 0.717) is 12.8 Å². The normalized spacial score (nSPS) is 11.3. The molecule has 0 fully saturated rings. The molecule has 0 aromatic rings. The first-order valence-electron chi connectivity index (χ1n) is 3.89. The molecule has 0 aliphatic rings. The van der Waals surface area contributed by atoms with Crippen LogP contribution in [0, 0.1) is 0 Å². The first-order chi connectivity index (χ1) is 5.52. The zero-order valence-corrected chi connectivity index (χ0v) is 7.46. The van der Waals surface area contributed by atoms with Crippen LogP contribution in [0.1, 0.15) is 33.1 Å². The molecule has 3 nitrogen and oxygen atoms in total. The maximum Gasteiger partial charge on any atom is 0.133 e. The van der Waals surface area contributed by atoms with Gasteiger partial charge in [-0.05, 0) is 19.9 Å². The summed E-state index contributed by atoms with van der Waals surface area (Å²) in [5.74, 6) is 0.169. The van der Waals surface area contributed by atoms with Crippen LogP contribution in [0.3, 0.4) is 0 Å². The van der Waals surface area contributed by atoms with Crippen LogP contribution in [-0.2, 0) is 9.59 Å².